The van der Waals surface area contributed by atoms with Crippen molar-refractivity contribution in [1.29, 1.82) is 0 Å². The molecule has 0 saturated carbocycles. The van der Waals surface area contributed by atoms with Gasteiger partial charge in [0, 0.05) is 30.4 Å². The number of nitrogens with zero attached hydrogens (tertiary/aromatic N) is 1. The highest BCUT2D eigenvalue weighted by molar-refractivity contribution is 7.89. The molecule has 7 heteroatoms. The summed E-state index contributed by atoms with van der Waals surface area (Å²) in [5, 5.41) is 5.04. The van der Waals surface area contributed by atoms with Crippen LogP contribution < -0.4 is 10.0 Å². The maximum atomic E-state index is 12.4. The van der Waals surface area contributed by atoms with Crippen LogP contribution in [0.4, 0.5) is 0 Å². The summed E-state index contributed by atoms with van der Waals surface area (Å²) in [6.45, 7) is 3.80. The summed E-state index contributed by atoms with van der Waals surface area (Å²) in [5.74, 6) is 0. The van der Waals surface area contributed by atoms with Gasteiger partial charge in [-0.3, -0.25) is 4.98 Å². The second-order valence-electron chi connectivity index (χ2n) is 4.56. The van der Waals surface area contributed by atoms with Crippen molar-refractivity contribution in [2.75, 3.05) is 6.54 Å². The fourth-order valence-electron chi connectivity index (χ4n) is 1.83. The van der Waals surface area contributed by atoms with Gasteiger partial charge in [0.2, 0.25) is 10.0 Å². The summed E-state index contributed by atoms with van der Waals surface area (Å²) < 4.78 is 27.4. The summed E-state index contributed by atoms with van der Waals surface area (Å²) in [7, 11) is -3.48. The van der Waals surface area contributed by atoms with Gasteiger partial charge in [-0.05, 0) is 42.1 Å². The lowest BCUT2D eigenvalue weighted by Gasteiger charge is -2.08. The van der Waals surface area contributed by atoms with Crippen molar-refractivity contribution >= 4 is 21.4 Å². The number of nitrogens with one attached hydrogen (secondary N) is 2. The molecule has 0 saturated heterocycles. The molecule has 2 aromatic heterocycles. The fraction of sp³-hybridized carbons (Fsp3) is 0.357. The van der Waals surface area contributed by atoms with Crippen molar-refractivity contribution in [3.05, 3.63) is 46.4 Å². The molecular weight excluding hydrogens is 306 g/mol. The molecule has 21 heavy (non-hydrogen) atoms. The highest BCUT2D eigenvalue weighted by Gasteiger charge is 2.19. The van der Waals surface area contributed by atoms with Crippen LogP contribution in [0.3, 0.4) is 0 Å². The lowest BCUT2D eigenvalue weighted by molar-refractivity contribution is 0.579. The van der Waals surface area contributed by atoms with Gasteiger partial charge in [0.1, 0.15) is 0 Å². The molecule has 2 heterocycles. The third-order valence-corrected chi connectivity index (χ3v) is 5.46. The third kappa shape index (κ3) is 4.60. The summed E-state index contributed by atoms with van der Waals surface area (Å²) in [5.41, 5.74) is 0.884. The quantitative estimate of drug-likeness (QED) is 0.729. The van der Waals surface area contributed by atoms with E-state index < -0.39 is 10.0 Å². The molecule has 0 fully saturated rings. The second kappa shape index (κ2) is 7.65. The van der Waals surface area contributed by atoms with Crippen LogP contribution in [0.2, 0.25) is 0 Å². The van der Waals surface area contributed by atoms with E-state index in [-0.39, 0.29) is 6.54 Å². The van der Waals surface area contributed by atoms with Crippen LogP contribution in [0.5, 0.6) is 0 Å². The Morgan fingerprint density at radius 1 is 1.19 bits per heavy atom. The van der Waals surface area contributed by atoms with Crippen LogP contribution >= 0.6 is 11.3 Å². The van der Waals surface area contributed by atoms with Crippen LogP contribution in [0.15, 0.2) is 40.9 Å². The molecule has 2 aromatic rings. The van der Waals surface area contributed by atoms with E-state index in [1.165, 1.54) is 11.3 Å². The number of hydrogen-bond acceptors (Lipinski definition) is 5. The maximum absolute atomic E-state index is 12.4. The largest absolute Gasteiger partial charge is 0.312 e. The predicted molar refractivity (Wildman–Crippen MR) is 84.6 cm³/mol. The van der Waals surface area contributed by atoms with Gasteiger partial charge in [-0.1, -0.05) is 6.92 Å². The molecule has 2 rings (SSSR count). The number of sulfonamides is 1. The number of rotatable bonds is 8. The van der Waals surface area contributed by atoms with E-state index in [9.17, 15) is 8.42 Å². The zero-order valence-electron chi connectivity index (χ0n) is 11.9. The molecule has 114 valence electrons. The van der Waals surface area contributed by atoms with E-state index in [0.717, 1.165) is 23.4 Å². The average Bonchev–Trinajstić information content (AvgIpc) is 2.96. The van der Waals surface area contributed by atoms with Crippen LogP contribution in [-0.2, 0) is 23.1 Å². The van der Waals surface area contributed by atoms with Gasteiger partial charge in [0.25, 0.3) is 0 Å². The van der Waals surface area contributed by atoms with Crippen molar-refractivity contribution in [3.8, 4) is 0 Å². The lowest BCUT2D eigenvalue weighted by Crippen LogP contribution is -2.24. The topological polar surface area (TPSA) is 71.1 Å². The first kappa shape index (κ1) is 16.1. The first-order valence-electron chi connectivity index (χ1n) is 6.79. The summed E-state index contributed by atoms with van der Waals surface area (Å²) in [6, 6.07) is 5.24. The van der Waals surface area contributed by atoms with Crippen molar-refractivity contribution < 1.29 is 8.42 Å². The van der Waals surface area contributed by atoms with Crippen LogP contribution in [0.25, 0.3) is 0 Å². The minimum atomic E-state index is -3.48. The second-order valence-corrected chi connectivity index (χ2v) is 7.30. The van der Waals surface area contributed by atoms with E-state index in [0.29, 0.717) is 11.4 Å². The molecule has 0 bridgehead atoms. The highest BCUT2D eigenvalue weighted by atomic mass is 32.2. The van der Waals surface area contributed by atoms with Crippen LogP contribution in [0.1, 0.15) is 23.8 Å². The minimum Gasteiger partial charge on any atom is -0.312 e. The van der Waals surface area contributed by atoms with Gasteiger partial charge >= 0.3 is 0 Å². The molecule has 0 atom stereocenters. The smallest absolute Gasteiger partial charge is 0.242 e. The van der Waals surface area contributed by atoms with Crippen molar-refractivity contribution in [2.45, 2.75) is 31.3 Å². The van der Waals surface area contributed by atoms with Crippen LogP contribution in [-0.4, -0.2) is 19.9 Å². The Morgan fingerprint density at radius 2 is 1.95 bits per heavy atom. The SMILES string of the molecule is CCCNCc1sccc1S(=O)(=O)NCc1ccncc1. The summed E-state index contributed by atoms with van der Waals surface area (Å²) in [6.07, 6.45) is 4.32. The Bertz CT molecular complexity index is 654. The first-order valence-corrected chi connectivity index (χ1v) is 9.15. The Morgan fingerprint density at radius 3 is 2.67 bits per heavy atom. The molecule has 2 N–H and O–H groups in total. The van der Waals surface area contributed by atoms with E-state index >= 15 is 0 Å². The molecule has 0 aliphatic carbocycles. The summed E-state index contributed by atoms with van der Waals surface area (Å²) >= 11 is 1.46. The Kier molecular flexibility index (Phi) is 5.86. The lowest BCUT2D eigenvalue weighted by atomic mass is 10.3. The summed E-state index contributed by atoms with van der Waals surface area (Å²) in [4.78, 5) is 5.12. The Hall–Kier alpha value is -1.28. The average molecular weight is 325 g/mol. The van der Waals surface area contributed by atoms with Crippen molar-refractivity contribution in [2.24, 2.45) is 0 Å². The van der Waals surface area contributed by atoms with E-state index in [1.54, 1.807) is 30.6 Å². The molecule has 0 aromatic carbocycles. The number of thiophene rings is 1. The number of aromatic nitrogens is 1. The Balaban J connectivity index is 2.04. The van der Waals surface area contributed by atoms with Gasteiger partial charge in [0.05, 0.1) is 4.90 Å². The predicted octanol–water partition coefficient (Wildman–Crippen LogP) is 2.12. The molecule has 0 aliphatic rings. The molecule has 0 spiro atoms. The van der Waals surface area contributed by atoms with Gasteiger partial charge < -0.3 is 5.32 Å². The van der Waals surface area contributed by atoms with Crippen LogP contribution in [0, 0.1) is 0 Å². The standard InChI is InChI=1S/C14H19N3O2S2/c1-2-6-16-11-13-14(5-9-20-13)21(18,19)17-10-12-3-7-15-8-4-12/h3-5,7-9,16-17H,2,6,10-11H2,1H3. The van der Waals surface area contributed by atoms with E-state index in [1.807, 2.05) is 5.38 Å². The highest BCUT2D eigenvalue weighted by Crippen LogP contribution is 2.21. The Labute approximate surface area is 129 Å². The van der Waals surface area contributed by atoms with E-state index in [4.69, 9.17) is 0 Å². The monoisotopic (exact) mass is 325 g/mol. The molecule has 5 nitrogen and oxygen atoms in total. The number of hydrogen-bond donors (Lipinski definition) is 2. The van der Waals surface area contributed by atoms with Crippen molar-refractivity contribution in [3.63, 3.8) is 0 Å². The van der Waals surface area contributed by atoms with Gasteiger partial charge in [-0.2, -0.15) is 0 Å². The first-order chi connectivity index (χ1) is 10.1. The molecule has 0 amide bonds. The normalized spacial score (nSPS) is 11.7. The fourth-order valence-corrected chi connectivity index (χ4v) is 4.26. The van der Waals surface area contributed by atoms with Gasteiger partial charge in [-0.15, -0.1) is 11.3 Å². The maximum Gasteiger partial charge on any atom is 0.242 e. The third-order valence-electron chi connectivity index (χ3n) is 2.92. The van der Waals surface area contributed by atoms with Crippen molar-refractivity contribution in [1.82, 2.24) is 15.0 Å². The number of pyridine rings is 1. The molecule has 0 radical (unpaired) electrons. The van der Waals surface area contributed by atoms with Gasteiger partial charge in [-0.25, -0.2) is 13.1 Å². The zero-order chi connectivity index (χ0) is 15.1. The zero-order valence-corrected chi connectivity index (χ0v) is 13.5. The molecule has 0 aliphatic heterocycles. The molecule has 0 unspecified atom stereocenters. The minimum absolute atomic E-state index is 0.266. The van der Waals surface area contributed by atoms with Gasteiger partial charge in [0.15, 0.2) is 0 Å². The molecular formula is C14H19N3O2S2. The van der Waals surface area contributed by atoms with E-state index in [2.05, 4.69) is 21.9 Å².